The Hall–Kier alpha value is -1.91. The van der Waals surface area contributed by atoms with E-state index in [-0.39, 0.29) is 29.8 Å². The zero-order valence-corrected chi connectivity index (χ0v) is 18.3. The van der Waals surface area contributed by atoms with Crippen molar-refractivity contribution in [1.29, 1.82) is 0 Å². The number of fused-ring (bicyclic) bond motifs is 2. The Kier molecular flexibility index (Phi) is 5.46. The number of nitrogens with zero attached hydrogens (tertiary/aromatic N) is 1. The van der Waals surface area contributed by atoms with E-state index in [2.05, 4.69) is 0 Å². The van der Waals surface area contributed by atoms with Crippen LogP contribution in [0.15, 0.2) is 53.4 Å². The molecule has 2 aromatic rings. The van der Waals surface area contributed by atoms with Gasteiger partial charge in [0.25, 0.3) is 0 Å². The Morgan fingerprint density at radius 1 is 0.871 bits per heavy atom. The van der Waals surface area contributed by atoms with Gasteiger partial charge in [-0.1, -0.05) is 24.3 Å². The third kappa shape index (κ3) is 4.25. The molecule has 0 amide bonds. The largest absolute Gasteiger partial charge is 0.416 e. The van der Waals surface area contributed by atoms with Gasteiger partial charge < -0.3 is 0 Å². The molecule has 2 aliphatic rings. The molecular formula is C21H22F3NO4S2. The lowest BCUT2D eigenvalue weighted by Crippen LogP contribution is -2.49. The van der Waals surface area contributed by atoms with E-state index >= 15 is 0 Å². The molecule has 0 N–H and O–H groups in total. The minimum atomic E-state index is -4.46. The molecule has 4 rings (SSSR count). The Balaban J connectivity index is 1.60. The van der Waals surface area contributed by atoms with Gasteiger partial charge in [0.05, 0.1) is 15.7 Å². The SMILES string of the molecule is CS(=O)(=O)C1CC2CCC(C1)N2S(=O)(=O)c1ccc(-c2cccc(C(F)(F)F)c2)cc1. The van der Waals surface area contributed by atoms with Crippen molar-refractivity contribution in [3.8, 4) is 11.1 Å². The number of halogens is 3. The molecular weight excluding hydrogens is 451 g/mol. The van der Waals surface area contributed by atoms with Crippen LogP contribution in [0, 0.1) is 0 Å². The topological polar surface area (TPSA) is 71.5 Å². The fourth-order valence-corrected chi connectivity index (χ4v) is 7.68. The van der Waals surface area contributed by atoms with Crippen LogP contribution in [0.4, 0.5) is 13.2 Å². The summed E-state index contributed by atoms with van der Waals surface area (Å²) >= 11 is 0. The third-order valence-electron chi connectivity index (χ3n) is 6.18. The Labute approximate surface area is 179 Å². The number of rotatable bonds is 4. The van der Waals surface area contributed by atoms with Gasteiger partial charge in [-0.25, -0.2) is 16.8 Å². The molecule has 5 nitrogen and oxygen atoms in total. The average Bonchev–Trinajstić information content (AvgIpc) is 2.97. The molecule has 0 radical (unpaired) electrons. The minimum absolute atomic E-state index is 0.0536. The molecule has 2 atom stereocenters. The van der Waals surface area contributed by atoms with Gasteiger partial charge in [-0.3, -0.25) is 0 Å². The molecule has 168 valence electrons. The summed E-state index contributed by atoms with van der Waals surface area (Å²) in [6.45, 7) is 0. The predicted octanol–water partition coefficient (Wildman–Crippen LogP) is 4.10. The van der Waals surface area contributed by atoms with Crippen molar-refractivity contribution in [2.75, 3.05) is 6.26 Å². The van der Waals surface area contributed by atoms with Crippen molar-refractivity contribution in [3.05, 3.63) is 54.1 Å². The number of hydrogen-bond acceptors (Lipinski definition) is 4. The van der Waals surface area contributed by atoms with Crippen molar-refractivity contribution in [2.24, 2.45) is 0 Å². The monoisotopic (exact) mass is 473 g/mol. The summed E-state index contributed by atoms with van der Waals surface area (Å²) in [5.41, 5.74) is 0.0450. The first-order valence-corrected chi connectivity index (χ1v) is 13.3. The summed E-state index contributed by atoms with van der Waals surface area (Å²) < 4.78 is 90.8. The third-order valence-corrected chi connectivity index (χ3v) is 9.80. The quantitative estimate of drug-likeness (QED) is 0.670. The first-order chi connectivity index (χ1) is 14.4. The summed E-state index contributed by atoms with van der Waals surface area (Å²) in [7, 11) is -7.08. The smallest absolute Gasteiger partial charge is 0.229 e. The summed E-state index contributed by atoms with van der Waals surface area (Å²) in [5, 5.41) is -0.528. The van der Waals surface area contributed by atoms with Crippen LogP contribution in [0.25, 0.3) is 11.1 Å². The highest BCUT2D eigenvalue weighted by Crippen LogP contribution is 2.42. The van der Waals surface area contributed by atoms with E-state index in [4.69, 9.17) is 0 Å². The van der Waals surface area contributed by atoms with Gasteiger partial charge in [-0.2, -0.15) is 17.5 Å². The molecule has 31 heavy (non-hydrogen) atoms. The molecule has 2 heterocycles. The highest BCUT2D eigenvalue weighted by molar-refractivity contribution is 7.91. The van der Waals surface area contributed by atoms with Crippen molar-refractivity contribution in [2.45, 2.75) is 54.1 Å². The standard InChI is InChI=1S/C21H22F3NO4S2/c1-30(26,27)20-12-17-7-8-18(13-20)25(17)31(28,29)19-9-5-14(6-10-19)15-3-2-4-16(11-15)21(22,23)24/h2-6,9-11,17-18,20H,7-8,12-13H2,1H3. The molecule has 10 heteroatoms. The van der Waals surface area contributed by atoms with E-state index in [1.165, 1.54) is 47.0 Å². The van der Waals surface area contributed by atoms with E-state index in [1.54, 1.807) is 0 Å². The molecule has 2 aliphatic heterocycles. The van der Waals surface area contributed by atoms with E-state index in [0.29, 0.717) is 24.0 Å². The molecule has 0 aliphatic carbocycles. The second-order valence-electron chi connectivity index (χ2n) is 8.25. The van der Waals surface area contributed by atoms with Crippen LogP contribution in [0.2, 0.25) is 0 Å². The van der Waals surface area contributed by atoms with E-state index < -0.39 is 36.9 Å². The van der Waals surface area contributed by atoms with Crippen LogP contribution in [-0.4, -0.2) is 44.7 Å². The van der Waals surface area contributed by atoms with E-state index in [9.17, 15) is 30.0 Å². The fraction of sp³-hybridized carbons (Fsp3) is 0.429. The molecule has 0 aromatic heterocycles. The lowest BCUT2D eigenvalue weighted by molar-refractivity contribution is -0.137. The van der Waals surface area contributed by atoms with Crippen LogP contribution >= 0.6 is 0 Å². The second kappa shape index (κ2) is 7.60. The maximum atomic E-state index is 13.3. The van der Waals surface area contributed by atoms with Crippen LogP contribution in [0.5, 0.6) is 0 Å². The Morgan fingerprint density at radius 2 is 1.45 bits per heavy atom. The minimum Gasteiger partial charge on any atom is -0.229 e. The first kappa shape index (κ1) is 22.3. The van der Waals surface area contributed by atoms with Gasteiger partial charge in [0, 0.05) is 18.3 Å². The van der Waals surface area contributed by atoms with E-state index in [0.717, 1.165) is 12.1 Å². The number of piperidine rings is 1. The number of sulfonamides is 1. The lowest BCUT2D eigenvalue weighted by Gasteiger charge is -2.37. The highest BCUT2D eigenvalue weighted by atomic mass is 32.2. The average molecular weight is 474 g/mol. The maximum absolute atomic E-state index is 13.3. The van der Waals surface area contributed by atoms with Crippen molar-refractivity contribution in [1.82, 2.24) is 4.31 Å². The van der Waals surface area contributed by atoms with E-state index in [1.807, 2.05) is 0 Å². The summed E-state index contributed by atoms with van der Waals surface area (Å²) in [4.78, 5) is 0.0536. The van der Waals surface area contributed by atoms with Gasteiger partial charge in [0.2, 0.25) is 10.0 Å². The normalized spacial score (nSPS) is 25.0. The van der Waals surface area contributed by atoms with Crippen LogP contribution in [0.1, 0.15) is 31.2 Å². The van der Waals surface area contributed by atoms with Gasteiger partial charge in [-0.15, -0.1) is 0 Å². The van der Waals surface area contributed by atoms with Crippen molar-refractivity contribution < 1.29 is 30.0 Å². The zero-order valence-electron chi connectivity index (χ0n) is 16.7. The van der Waals surface area contributed by atoms with Gasteiger partial charge >= 0.3 is 6.18 Å². The number of hydrogen-bond donors (Lipinski definition) is 0. The number of benzene rings is 2. The van der Waals surface area contributed by atoms with Gasteiger partial charge in [0.15, 0.2) is 0 Å². The van der Waals surface area contributed by atoms with Crippen LogP contribution in [-0.2, 0) is 26.0 Å². The lowest BCUT2D eigenvalue weighted by atomic mass is 10.0. The molecule has 2 unspecified atom stereocenters. The van der Waals surface area contributed by atoms with Crippen molar-refractivity contribution in [3.63, 3.8) is 0 Å². The van der Waals surface area contributed by atoms with Gasteiger partial charge in [0.1, 0.15) is 9.84 Å². The first-order valence-electron chi connectivity index (χ1n) is 9.87. The number of alkyl halides is 3. The highest BCUT2D eigenvalue weighted by Gasteiger charge is 2.49. The fourth-order valence-electron chi connectivity index (χ4n) is 4.64. The molecule has 2 bridgehead atoms. The number of sulfone groups is 1. The van der Waals surface area contributed by atoms with Crippen molar-refractivity contribution >= 4 is 19.9 Å². The van der Waals surface area contributed by atoms with Crippen LogP contribution < -0.4 is 0 Å². The zero-order chi connectivity index (χ0) is 22.6. The van der Waals surface area contributed by atoms with Gasteiger partial charge in [-0.05, 0) is 61.1 Å². The molecule has 0 spiro atoms. The second-order valence-corrected chi connectivity index (χ2v) is 12.4. The summed E-state index contributed by atoms with van der Waals surface area (Å²) in [6.07, 6.45) is -1.45. The maximum Gasteiger partial charge on any atom is 0.416 e. The summed E-state index contributed by atoms with van der Waals surface area (Å²) in [6, 6.07) is 9.93. The molecule has 2 aromatic carbocycles. The molecule has 2 fully saturated rings. The Morgan fingerprint density at radius 3 is 1.97 bits per heavy atom. The summed E-state index contributed by atoms with van der Waals surface area (Å²) in [5.74, 6) is 0. The van der Waals surface area contributed by atoms with Crippen LogP contribution in [0.3, 0.4) is 0 Å². The molecule has 0 saturated carbocycles. The molecule has 2 saturated heterocycles. The Bertz CT molecular complexity index is 1180. The predicted molar refractivity (Wildman–Crippen MR) is 111 cm³/mol.